The number of allylic oxidation sites excluding steroid dienone is 1. The highest BCUT2D eigenvalue weighted by Crippen LogP contribution is 2.03. The first-order chi connectivity index (χ1) is 6.86. The number of morpholine rings is 1. The third kappa shape index (κ3) is 3.79. The molecule has 0 radical (unpaired) electrons. The number of hydrogen-bond donors (Lipinski definition) is 0. The van der Waals surface area contributed by atoms with E-state index in [9.17, 15) is 0 Å². The van der Waals surface area contributed by atoms with Crippen LogP contribution in [-0.4, -0.2) is 44.3 Å². The maximum atomic E-state index is 8.21. The lowest BCUT2D eigenvalue weighted by atomic mass is 10.2. The molecule has 1 aliphatic heterocycles. The fourth-order valence-corrected chi connectivity index (χ4v) is 1.40. The summed E-state index contributed by atoms with van der Waals surface area (Å²) in [4.78, 5) is 5.07. The molecular weight excluding hydrogens is 180 g/mol. The fourth-order valence-electron chi connectivity index (χ4n) is 1.40. The van der Waals surface area contributed by atoms with Gasteiger partial charge in [-0.15, -0.1) is 0 Å². The minimum Gasteiger partial charge on any atom is -0.379 e. The summed E-state index contributed by atoms with van der Waals surface area (Å²) in [5.41, 5.74) is 9.39. The monoisotopic (exact) mass is 196 g/mol. The van der Waals surface area contributed by atoms with Crippen LogP contribution >= 0.6 is 0 Å². The van der Waals surface area contributed by atoms with E-state index in [0.717, 1.165) is 32.8 Å². The van der Waals surface area contributed by atoms with E-state index in [4.69, 9.17) is 10.3 Å². The van der Waals surface area contributed by atoms with Gasteiger partial charge in [0.15, 0.2) is 0 Å². The molecule has 0 aliphatic carbocycles. The van der Waals surface area contributed by atoms with Gasteiger partial charge in [0.1, 0.15) is 0 Å². The van der Waals surface area contributed by atoms with Crippen LogP contribution in [0, 0.1) is 0 Å². The van der Waals surface area contributed by atoms with Crippen molar-refractivity contribution in [2.45, 2.75) is 6.92 Å². The Bertz CT molecular complexity index is 239. The van der Waals surface area contributed by atoms with Crippen molar-refractivity contribution in [3.63, 3.8) is 0 Å². The van der Waals surface area contributed by atoms with Crippen molar-refractivity contribution in [2.24, 2.45) is 5.11 Å². The van der Waals surface area contributed by atoms with Gasteiger partial charge in [-0.1, -0.05) is 16.8 Å². The Morgan fingerprint density at radius 3 is 2.86 bits per heavy atom. The van der Waals surface area contributed by atoms with Crippen LogP contribution in [0.15, 0.2) is 16.8 Å². The van der Waals surface area contributed by atoms with Gasteiger partial charge in [-0.3, -0.25) is 4.90 Å². The quantitative estimate of drug-likeness (QED) is 0.296. The van der Waals surface area contributed by atoms with Crippen molar-refractivity contribution < 1.29 is 4.74 Å². The zero-order valence-electron chi connectivity index (χ0n) is 8.52. The Balaban J connectivity index is 2.35. The van der Waals surface area contributed by atoms with Gasteiger partial charge in [-0.05, 0) is 12.5 Å². The van der Waals surface area contributed by atoms with E-state index in [2.05, 4.69) is 14.9 Å². The lowest BCUT2D eigenvalue weighted by Crippen LogP contribution is -2.37. The molecule has 1 heterocycles. The van der Waals surface area contributed by atoms with E-state index >= 15 is 0 Å². The Labute approximate surface area is 84.0 Å². The van der Waals surface area contributed by atoms with Crippen LogP contribution in [0.25, 0.3) is 10.4 Å². The molecule has 0 N–H and O–H groups in total. The first-order valence-electron chi connectivity index (χ1n) is 4.82. The van der Waals surface area contributed by atoms with Gasteiger partial charge in [0.05, 0.1) is 13.2 Å². The molecule has 1 rings (SSSR count). The molecular formula is C9H16N4O. The molecule has 1 saturated heterocycles. The predicted octanol–water partition coefficient (Wildman–Crippen LogP) is 1.58. The zero-order valence-corrected chi connectivity index (χ0v) is 8.52. The Hall–Kier alpha value is -1.03. The smallest absolute Gasteiger partial charge is 0.0594 e. The molecule has 0 spiro atoms. The third-order valence-electron chi connectivity index (χ3n) is 2.28. The van der Waals surface area contributed by atoms with Crippen LogP contribution in [0.5, 0.6) is 0 Å². The van der Waals surface area contributed by atoms with Crippen LogP contribution < -0.4 is 0 Å². The van der Waals surface area contributed by atoms with Crippen LogP contribution in [0.2, 0.25) is 0 Å². The molecule has 0 bridgehead atoms. The van der Waals surface area contributed by atoms with Crippen molar-refractivity contribution >= 4 is 0 Å². The zero-order chi connectivity index (χ0) is 10.2. The SMILES string of the molecule is CC=C(CN=[N+]=[N-])CN1CCOCC1. The summed E-state index contributed by atoms with van der Waals surface area (Å²) < 4.78 is 5.25. The first kappa shape index (κ1) is 11.0. The van der Waals surface area contributed by atoms with Crippen LogP contribution in [0.1, 0.15) is 6.92 Å². The highest BCUT2D eigenvalue weighted by atomic mass is 16.5. The second-order valence-electron chi connectivity index (χ2n) is 3.22. The Morgan fingerprint density at radius 1 is 1.57 bits per heavy atom. The lowest BCUT2D eigenvalue weighted by Gasteiger charge is -2.27. The average Bonchev–Trinajstić information content (AvgIpc) is 2.25. The summed E-state index contributed by atoms with van der Waals surface area (Å²) in [6, 6.07) is 0. The van der Waals surface area contributed by atoms with E-state index in [1.807, 2.05) is 13.0 Å². The maximum Gasteiger partial charge on any atom is 0.0594 e. The molecule has 0 saturated carbocycles. The van der Waals surface area contributed by atoms with E-state index in [0.29, 0.717) is 6.54 Å². The molecule has 5 heteroatoms. The van der Waals surface area contributed by atoms with E-state index in [1.165, 1.54) is 5.57 Å². The Morgan fingerprint density at radius 2 is 2.29 bits per heavy atom. The molecule has 0 amide bonds. The lowest BCUT2D eigenvalue weighted by molar-refractivity contribution is 0.0421. The fraction of sp³-hybridized carbons (Fsp3) is 0.778. The van der Waals surface area contributed by atoms with Crippen molar-refractivity contribution in [1.29, 1.82) is 0 Å². The van der Waals surface area contributed by atoms with E-state index in [-0.39, 0.29) is 0 Å². The molecule has 78 valence electrons. The van der Waals surface area contributed by atoms with E-state index < -0.39 is 0 Å². The maximum absolute atomic E-state index is 8.21. The van der Waals surface area contributed by atoms with Gasteiger partial charge in [-0.2, -0.15) is 0 Å². The predicted molar refractivity (Wildman–Crippen MR) is 55.0 cm³/mol. The van der Waals surface area contributed by atoms with Crippen LogP contribution in [-0.2, 0) is 4.74 Å². The van der Waals surface area contributed by atoms with Crippen molar-refractivity contribution in [3.05, 3.63) is 22.1 Å². The average molecular weight is 196 g/mol. The Kier molecular flexibility index (Phi) is 5.07. The molecule has 1 aliphatic rings. The van der Waals surface area contributed by atoms with Gasteiger partial charge in [0.25, 0.3) is 0 Å². The van der Waals surface area contributed by atoms with Crippen molar-refractivity contribution in [2.75, 3.05) is 39.4 Å². The largest absolute Gasteiger partial charge is 0.379 e. The molecule has 0 aromatic rings. The van der Waals surface area contributed by atoms with E-state index in [1.54, 1.807) is 0 Å². The highest BCUT2D eigenvalue weighted by molar-refractivity contribution is 5.05. The number of azide groups is 1. The minimum absolute atomic E-state index is 0.477. The van der Waals surface area contributed by atoms with Crippen LogP contribution in [0.3, 0.4) is 0 Å². The van der Waals surface area contributed by atoms with Gasteiger partial charge in [-0.25, -0.2) is 0 Å². The summed E-state index contributed by atoms with van der Waals surface area (Å²) in [7, 11) is 0. The number of nitrogens with zero attached hydrogens (tertiary/aromatic N) is 4. The van der Waals surface area contributed by atoms with Crippen LogP contribution in [0.4, 0.5) is 0 Å². The standard InChI is InChI=1S/C9H16N4O/c1-2-9(7-11-12-10)8-13-3-5-14-6-4-13/h2H,3-8H2,1H3. The molecule has 0 unspecified atom stereocenters. The second kappa shape index (κ2) is 6.43. The molecule has 14 heavy (non-hydrogen) atoms. The topological polar surface area (TPSA) is 61.2 Å². The molecule has 0 atom stereocenters. The third-order valence-corrected chi connectivity index (χ3v) is 2.28. The van der Waals surface area contributed by atoms with Crippen molar-refractivity contribution in [1.82, 2.24) is 4.90 Å². The summed E-state index contributed by atoms with van der Waals surface area (Å²) in [6.45, 7) is 6.88. The minimum atomic E-state index is 0.477. The second-order valence-corrected chi connectivity index (χ2v) is 3.22. The summed E-state index contributed by atoms with van der Waals surface area (Å²) in [5.74, 6) is 0. The summed E-state index contributed by atoms with van der Waals surface area (Å²) in [6.07, 6.45) is 2.02. The van der Waals surface area contributed by atoms with Gasteiger partial charge in [0, 0.05) is 31.1 Å². The highest BCUT2D eigenvalue weighted by Gasteiger charge is 2.10. The van der Waals surface area contributed by atoms with Gasteiger partial charge >= 0.3 is 0 Å². The number of ether oxygens (including phenoxy) is 1. The normalized spacial score (nSPS) is 19.1. The van der Waals surface area contributed by atoms with Gasteiger partial charge < -0.3 is 4.74 Å². The molecule has 1 fully saturated rings. The molecule has 0 aromatic carbocycles. The summed E-state index contributed by atoms with van der Waals surface area (Å²) in [5, 5.41) is 3.56. The first-order valence-corrected chi connectivity index (χ1v) is 4.82. The summed E-state index contributed by atoms with van der Waals surface area (Å²) >= 11 is 0. The molecule has 0 aromatic heterocycles. The number of rotatable bonds is 4. The van der Waals surface area contributed by atoms with Crippen molar-refractivity contribution in [3.8, 4) is 0 Å². The molecule has 5 nitrogen and oxygen atoms in total. The number of hydrogen-bond acceptors (Lipinski definition) is 3. The van der Waals surface area contributed by atoms with Gasteiger partial charge in [0.2, 0.25) is 0 Å².